The third kappa shape index (κ3) is 13.5. The van der Waals surface area contributed by atoms with Gasteiger partial charge in [0.05, 0.1) is 23.5 Å². The molecule has 0 aliphatic rings. The Kier molecular flexibility index (Phi) is 17.0. The molecular weight excluding hydrogens is 844 g/mol. The fourth-order valence-corrected chi connectivity index (χ4v) is 6.08. The second-order valence-electron chi connectivity index (χ2n) is 11.4. The van der Waals surface area contributed by atoms with Crippen molar-refractivity contribution < 1.29 is 47.4 Å². The van der Waals surface area contributed by atoms with Crippen molar-refractivity contribution in [3.05, 3.63) is 35.2 Å². The first-order chi connectivity index (χ1) is 22.6. The summed E-state index contributed by atoms with van der Waals surface area (Å²) < 4.78 is 64.5. The van der Waals surface area contributed by atoms with Gasteiger partial charge >= 0.3 is 0 Å². The summed E-state index contributed by atoms with van der Waals surface area (Å²) in [7, 11) is -6.28. The summed E-state index contributed by atoms with van der Waals surface area (Å²) >= 11 is 0. The van der Waals surface area contributed by atoms with Crippen LogP contribution in [0.1, 0.15) is 62.6 Å². The van der Waals surface area contributed by atoms with E-state index in [1.807, 2.05) is 39.8 Å². The molecule has 0 unspecified atom stereocenters. The SMILES string of the molecule is CCOCc1nc2c(N)nc(C)cc2n1CCCCNS(C)(=O)=O.CCOCc1nc2c(N)nc(C)cc2n1CCCCNS(C)(=O)=O.[W]. The Hall–Kier alpha value is -2.73. The maximum atomic E-state index is 11.1. The molecule has 4 heterocycles. The number of pyridine rings is 2. The predicted molar refractivity (Wildman–Crippen MR) is 188 cm³/mol. The van der Waals surface area contributed by atoms with E-state index in [1.54, 1.807) is 0 Å². The molecule has 0 saturated heterocycles. The predicted octanol–water partition coefficient (Wildman–Crippen LogP) is 2.37. The molecule has 0 fully saturated rings. The number of rotatable bonds is 18. The Bertz CT molecular complexity index is 1750. The smallest absolute Gasteiger partial charge is 0.208 e. The number of aromatic nitrogens is 6. The van der Waals surface area contributed by atoms with Gasteiger partial charge in [0, 0.05) is 71.8 Å². The number of nitrogens with two attached hydrogens (primary N) is 2. The molecule has 49 heavy (non-hydrogen) atoms. The quantitative estimate of drug-likeness (QED) is 0.106. The van der Waals surface area contributed by atoms with Gasteiger partial charge in [0.15, 0.2) is 11.6 Å². The van der Waals surface area contributed by atoms with E-state index < -0.39 is 20.0 Å². The van der Waals surface area contributed by atoms with E-state index in [-0.39, 0.29) is 21.1 Å². The second-order valence-corrected chi connectivity index (χ2v) is 15.1. The zero-order chi connectivity index (χ0) is 35.5. The third-order valence-electron chi connectivity index (χ3n) is 7.16. The van der Waals surface area contributed by atoms with Gasteiger partial charge in [-0.3, -0.25) is 0 Å². The van der Waals surface area contributed by atoms with Crippen LogP contribution >= 0.6 is 0 Å². The van der Waals surface area contributed by atoms with Gasteiger partial charge in [0.2, 0.25) is 20.0 Å². The average Bonchev–Trinajstić information content (AvgIpc) is 3.51. The third-order valence-corrected chi connectivity index (χ3v) is 8.61. The van der Waals surface area contributed by atoms with Gasteiger partial charge in [-0.25, -0.2) is 46.2 Å². The number of nitrogens with zero attached hydrogens (tertiary/aromatic N) is 6. The molecule has 19 heteroatoms. The molecule has 16 nitrogen and oxygen atoms in total. The van der Waals surface area contributed by atoms with E-state index in [2.05, 4.69) is 38.5 Å². The van der Waals surface area contributed by atoms with E-state index in [9.17, 15) is 16.8 Å². The molecule has 0 amide bonds. The minimum atomic E-state index is -3.14. The zero-order valence-corrected chi connectivity index (χ0v) is 33.7. The van der Waals surface area contributed by atoms with Gasteiger partial charge in [0.25, 0.3) is 0 Å². The summed E-state index contributed by atoms with van der Waals surface area (Å²) in [5.41, 5.74) is 16.9. The summed E-state index contributed by atoms with van der Waals surface area (Å²) in [6.07, 6.45) is 5.42. The van der Waals surface area contributed by atoms with Crippen LogP contribution in [-0.2, 0) is 76.9 Å². The molecular formula is C30H50N10O6S2W. The van der Waals surface area contributed by atoms with Gasteiger partial charge in [-0.15, -0.1) is 0 Å². The van der Waals surface area contributed by atoms with E-state index in [0.717, 1.165) is 72.3 Å². The van der Waals surface area contributed by atoms with Crippen molar-refractivity contribution in [1.29, 1.82) is 0 Å². The Morgan fingerprint density at radius 3 is 1.37 bits per heavy atom. The molecule has 6 N–H and O–H groups in total. The number of sulfonamides is 2. The normalized spacial score (nSPS) is 11.9. The molecule has 0 aliphatic heterocycles. The van der Waals surface area contributed by atoms with Crippen molar-refractivity contribution >= 4 is 53.7 Å². The summed E-state index contributed by atoms with van der Waals surface area (Å²) in [5.74, 6) is 2.45. The van der Waals surface area contributed by atoms with Crippen LogP contribution in [0.2, 0.25) is 0 Å². The van der Waals surface area contributed by atoms with Crippen LogP contribution in [0.5, 0.6) is 0 Å². The van der Waals surface area contributed by atoms with Crippen LogP contribution in [0.15, 0.2) is 12.1 Å². The maximum Gasteiger partial charge on any atom is 0.208 e. The number of aryl methyl sites for hydroxylation is 4. The summed E-state index contributed by atoms with van der Waals surface area (Å²) in [5, 5.41) is 0. The number of hydrogen-bond acceptors (Lipinski definition) is 12. The first-order valence-electron chi connectivity index (χ1n) is 15.9. The average molecular weight is 895 g/mol. The number of anilines is 2. The van der Waals surface area contributed by atoms with Crippen LogP contribution in [-0.4, -0.2) is 84.7 Å². The number of unbranched alkanes of at least 4 members (excludes halogenated alkanes) is 2. The van der Waals surface area contributed by atoms with Crippen molar-refractivity contribution in [2.45, 2.75) is 79.7 Å². The van der Waals surface area contributed by atoms with E-state index in [0.29, 0.717) is 75.3 Å². The van der Waals surface area contributed by atoms with Crippen LogP contribution in [0.3, 0.4) is 0 Å². The van der Waals surface area contributed by atoms with Crippen molar-refractivity contribution in [2.75, 3.05) is 50.3 Å². The summed E-state index contributed by atoms with van der Waals surface area (Å²) in [6.45, 7) is 12.0. The second kappa shape index (κ2) is 19.6. The molecule has 4 aromatic heterocycles. The minimum absolute atomic E-state index is 0. The molecule has 0 radical (unpaired) electrons. The fraction of sp³-hybridized carbons (Fsp3) is 0.600. The Balaban J connectivity index is 0.000000333. The standard InChI is InChI=1S/2C15H25N5O3S.W/c2*1-4-23-10-13-19-14-12(9-11(2)18-15(14)16)20(13)8-6-5-7-17-24(3,21)22;/h2*9,17H,4-8,10H2,1-3H3,(H2,16,18);. The molecule has 4 aromatic rings. The van der Waals surface area contributed by atoms with Crippen LogP contribution in [0.25, 0.3) is 22.1 Å². The molecule has 0 bridgehead atoms. The van der Waals surface area contributed by atoms with E-state index in [4.69, 9.17) is 20.9 Å². The van der Waals surface area contributed by atoms with E-state index >= 15 is 0 Å². The van der Waals surface area contributed by atoms with Crippen LogP contribution in [0.4, 0.5) is 11.6 Å². The minimum Gasteiger partial charge on any atom is -0.382 e. The largest absolute Gasteiger partial charge is 0.382 e. The summed E-state index contributed by atoms with van der Waals surface area (Å²) in [4.78, 5) is 17.7. The van der Waals surface area contributed by atoms with Crippen molar-refractivity contribution in [3.8, 4) is 0 Å². The number of nitrogens with one attached hydrogen (secondary N) is 2. The zero-order valence-electron chi connectivity index (χ0n) is 29.2. The van der Waals surface area contributed by atoms with Gasteiger partial charge in [-0.1, -0.05) is 0 Å². The van der Waals surface area contributed by atoms with Crippen molar-refractivity contribution in [2.24, 2.45) is 0 Å². The fourth-order valence-electron chi connectivity index (χ4n) is 5.05. The molecule has 274 valence electrons. The molecule has 4 rings (SSSR count). The topological polar surface area (TPSA) is 224 Å². The van der Waals surface area contributed by atoms with Crippen LogP contribution in [0, 0.1) is 13.8 Å². The first kappa shape index (κ1) is 42.4. The Labute approximate surface area is 303 Å². The number of imidazole rings is 2. The monoisotopic (exact) mass is 894 g/mol. The maximum absolute atomic E-state index is 11.1. The number of ether oxygens (including phenoxy) is 2. The van der Waals surface area contributed by atoms with E-state index in [1.165, 1.54) is 0 Å². The molecule has 0 spiro atoms. The van der Waals surface area contributed by atoms with Crippen LogP contribution < -0.4 is 20.9 Å². The number of fused-ring (bicyclic) bond motifs is 2. The van der Waals surface area contributed by atoms with Gasteiger partial charge in [0.1, 0.15) is 35.9 Å². The number of hydrogen-bond donors (Lipinski definition) is 4. The van der Waals surface area contributed by atoms with Crippen molar-refractivity contribution in [3.63, 3.8) is 0 Å². The van der Waals surface area contributed by atoms with Gasteiger partial charge in [-0.2, -0.15) is 0 Å². The van der Waals surface area contributed by atoms with Gasteiger partial charge < -0.3 is 30.1 Å². The Morgan fingerprint density at radius 1 is 0.673 bits per heavy atom. The molecule has 0 saturated carbocycles. The number of nitrogen functional groups attached to an aromatic ring is 2. The van der Waals surface area contributed by atoms with Gasteiger partial charge in [-0.05, 0) is 65.5 Å². The molecule has 0 aromatic carbocycles. The Morgan fingerprint density at radius 2 is 1.04 bits per heavy atom. The molecule has 0 aliphatic carbocycles. The van der Waals surface area contributed by atoms with Crippen molar-refractivity contribution in [1.82, 2.24) is 38.5 Å². The molecule has 0 atom stereocenters. The first-order valence-corrected chi connectivity index (χ1v) is 19.7. The summed E-state index contributed by atoms with van der Waals surface area (Å²) in [6, 6.07) is 3.92.